The first-order chi connectivity index (χ1) is 15.9. The number of aryl methyl sites for hydroxylation is 3. The number of aromatic nitrogens is 4. The molecule has 33 heavy (non-hydrogen) atoms. The number of ether oxygens (including phenoxy) is 1. The van der Waals surface area contributed by atoms with Gasteiger partial charge in [0.25, 0.3) is 5.56 Å². The van der Waals surface area contributed by atoms with Gasteiger partial charge in [-0.25, -0.2) is 14.5 Å². The molecule has 10 heteroatoms. The fraction of sp³-hybridized carbons (Fsp3) is 0.261. The Hall–Kier alpha value is -3.30. The normalized spacial score (nSPS) is 13.2. The van der Waals surface area contributed by atoms with Crippen LogP contribution in [0.2, 0.25) is 5.02 Å². The Morgan fingerprint density at radius 3 is 2.70 bits per heavy atom. The van der Waals surface area contributed by atoms with Crippen molar-refractivity contribution in [2.75, 3.05) is 0 Å². The van der Waals surface area contributed by atoms with Crippen molar-refractivity contribution in [3.63, 3.8) is 0 Å². The summed E-state index contributed by atoms with van der Waals surface area (Å²) in [5.41, 5.74) is 1.49. The summed E-state index contributed by atoms with van der Waals surface area (Å²) in [5.74, 6) is -0.879. The van der Waals surface area contributed by atoms with Crippen molar-refractivity contribution in [1.29, 1.82) is 0 Å². The lowest BCUT2D eigenvalue weighted by molar-refractivity contribution is 0.0456. The molecule has 8 nitrogen and oxygen atoms in total. The smallest absolute Gasteiger partial charge is 0.363 e. The minimum Gasteiger partial charge on any atom is -0.454 e. The predicted molar refractivity (Wildman–Crippen MR) is 125 cm³/mol. The molecule has 3 aromatic heterocycles. The van der Waals surface area contributed by atoms with Gasteiger partial charge >= 0.3 is 5.97 Å². The van der Waals surface area contributed by atoms with Gasteiger partial charge in [0, 0.05) is 33.4 Å². The maximum Gasteiger partial charge on any atom is 0.363 e. The van der Waals surface area contributed by atoms with Crippen LogP contribution in [0, 0.1) is 6.92 Å². The fourth-order valence-electron chi connectivity index (χ4n) is 3.96. The van der Waals surface area contributed by atoms with Crippen LogP contribution in [0.3, 0.4) is 0 Å². The molecule has 0 fully saturated rings. The molecule has 0 spiro atoms. The maximum absolute atomic E-state index is 12.7. The first-order valence-corrected chi connectivity index (χ1v) is 11.7. The van der Waals surface area contributed by atoms with E-state index in [2.05, 4.69) is 10.1 Å². The number of hydrogen-bond acceptors (Lipinski definition) is 7. The van der Waals surface area contributed by atoms with Crippen LogP contribution < -0.4 is 11.0 Å². The van der Waals surface area contributed by atoms with Crippen molar-refractivity contribution in [3.8, 4) is 5.69 Å². The van der Waals surface area contributed by atoms with Crippen LogP contribution in [0.5, 0.6) is 0 Å². The molecule has 0 radical (unpaired) electrons. The van der Waals surface area contributed by atoms with E-state index in [4.69, 9.17) is 16.3 Å². The van der Waals surface area contributed by atoms with Gasteiger partial charge in [0.2, 0.25) is 11.1 Å². The predicted octanol–water partition coefficient (Wildman–Crippen LogP) is 3.50. The summed E-state index contributed by atoms with van der Waals surface area (Å²) in [6.07, 6.45) is 3.98. The molecule has 0 aliphatic heterocycles. The second-order valence-electron chi connectivity index (χ2n) is 7.85. The lowest BCUT2D eigenvalue weighted by Gasteiger charge is -2.11. The molecule has 4 aromatic rings. The molecule has 0 unspecified atom stereocenters. The van der Waals surface area contributed by atoms with Crippen molar-refractivity contribution in [1.82, 2.24) is 19.2 Å². The topological polar surface area (TPSA) is 95.6 Å². The Morgan fingerprint density at radius 2 is 1.91 bits per heavy atom. The summed E-state index contributed by atoms with van der Waals surface area (Å²) in [7, 11) is 0. The van der Waals surface area contributed by atoms with Gasteiger partial charge < -0.3 is 4.74 Å². The number of fused-ring (bicyclic) bond motifs is 3. The number of halogens is 1. The van der Waals surface area contributed by atoms with Gasteiger partial charge in [-0.1, -0.05) is 11.6 Å². The maximum atomic E-state index is 12.7. The highest BCUT2D eigenvalue weighted by Crippen LogP contribution is 2.28. The molecule has 0 saturated carbocycles. The van der Waals surface area contributed by atoms with E-state index < -0.39 is 11.4 Å². The Labute approximate surface area is 197 Å². The van der Waals surface area contributed by atoms with E-state index in [-0.39, 0.29) is 17.9 Å². The third-order valence-corrected chi connectivity index (χ3v) is 6.93. The minimum absolute atomic E-state index is 0.191. The van der Waals surface area contributed by atoms with Crippen LogP contribution in [0.25, 0.3) is 10.6 Å². The van der Waals surface area contributed by atoms with E-state index in [1.54, 1.807) is 35.6 Å². The summed E-state index contributed by atoms with van der Waals surface area (Å²) in [5, 5.41) is 4.76. The number of rotatable bonds is 4. The second-order valence-corrected chi connectivity index (χ2v) is 9.34. The summed E-state index contributed by atoms with van der Waals surface area (Å²) < 4.78 is 8.43. The molecule has 5 rings (SSSR count). The first-order valence-electron chi connectivity index (χ1n) is 10.5. The average Bonchev–Trinajstić information content (AvgIpc) is 3.17. The molecule has 1 aliphatic rings. The molecule has 0 N–H and O–H groups in total. The van der Waals surface area contributed by atoms with Crippen LogP contribution in [-0.4, -0.2) is 25.1 Å². The number of nitrogens with zero attached hydrogens (tertiary/aromatic N) is 4. The first kappa shape index (κ1) is 21.5. The van der Waals surface area contributed by atoms with Gasteiger partial charge in [-0.05, 0) is 56.9 Å². The van der Waals surface area contributed by atoms with E-state index >= 15 is 0 Å². The molecule has 168 valence electrons. The summed E-state index contributed by atoms with van der Waals surface area (Å²) >= 11 is 7.44. The number of hydrogen-bond donors (Lipinski definition) is 0. The van der Waals surface area contributed by atoms with E-state index in [0.29, 0.717) is 27.1 Å². The molecular weight excluding hydrogens is 464 g/mol. The Bertz CT molecular complexity index is 1500. The van der Waals surface area contributed by atoms with Gasteiger partial charge in [0.05, 0.1) is 11.4 Å². The SMILES string of the molecule is Cc1cc(=O)c(C(=O)OCc2cc(=O)n3c4c(sc3n2)CCCC4)nn1-c1ccc(Cl)cc1. The van der Waals surface area contributed by atoms with Crippen LogP contribution in [-0.2, 0) is 24.2 Å². The van der Waals surface area contributed by atoms with Crippen LogP contribution in [0.15, 0.2) is 46.0 Å². The summed E-state index contributed by atoms with van der Waals surface area (Å²) in [6.45, 7) is 1.48. The monoisotopic (exact) mass is 482 g/mol. The van der Waals surface area contributed by atoms with Crippen LogP contribution in [0.4, 0.5) is 0 Å². The highest BCUT2D eigenvalue weighted by molar-refractivity contribution is 7.17. The Balaban J connectivity index is 1.41. The lowest BCUT2D eigenvalue weighted by Crippen LogP contribution is -2.24. The standard InChI is InChI=1S/C23H19ClN4O4S/c1-13-10-18(29)21(26-28(13)16-8-6-14(24)7-9-16)22(31)32-12-15-11-20(30)27-17-4-2-3-5-19(17)33-23(27)25-15/h6-11H,2-5,12H2,1H3. The van der Waals surface area contributed by atoms with Gasteiger partial charge in [0.1, 0.15) is 6.61 Å². The van der Waals surface area contributed by atoms with Crippen molar-refractivity contribution < 1.29 is 9.53 Å². The van der Waals surface area contributed by atoms with Crippen molar-refractivity contribution in [2.45, 2.75) is 39.2 Å². The molecule has 0 saturated heterocycles. The number of esters is 1. The van der Waals surface area contributed by atoms with Crippen LogP contribution >= 0.6 is 22.9 Å². The van der Waals surface area contributed by atoms with E-state index in [1.165, 1.54) is 33.0 Å². The van der Waals surface area contributed by atoms with E-state index in [1.807, 2.05) is 0 Å². The highest BCUT2D eigenvalue weighted by Gasteiger charge is 2.20. The third kappa shape index (κ3) is 4.09. The zero-order valence-electron chi connectivity index (χ0n) is 17.7. The number of carbonyl (C=O) groups excluding carboxylic acids is 1. The minimum atomic E-state index is -0.879. The Kier molecular flexibility index (Phi) is 5.59. The molecule has 0 bridgehead atoms. The van der Waals surface area contributed by atoms with Crippen molar-refractivity contribution >= 4 is 33.9 Å². The third-order valence-electron chi connectivity index (χ3n) is 5.54. The van der Waals surface area contributed by atoms with Gasteiger partial charge in [0.15, 0.2) is 4.96 Å². The molecule has 3 heterocycles. The number of thiazole rings is 1. The second kappa shape index (κ2) is 8.57. The molecule has 1 aromatic carbocycles. The van der Waals surface area contributed by atoms with Gasteiger partial charge in [-0.3, -0.25) is 14.0 Å². The van der Waals surface area contributed by atoms with Crippen molar-refractivity contribution in [2.24, 2.45) is 0 Å². The number of carbonyl (C=O) groups is 1. The Morgan fingerprint density at radius 1 is 1.15 bits per heavy atom. The van der Waals surface area contributed by atoms with Crippen molar-refractivity contribution in [3.05, 3.63) is 89.7 Å². The fourth-order valence-corrected chi connectivity index (χ4v) is 5.31. The number of benzene rings is 1. The van der Waals surface area contributed by atoms with Crippen LogP contribution in [0.1, 0.15) is 45.3 Å². The van der Waals surface area contributed by atoms with Gasteiger partial charge in [-0.2, -0.15) is 5.10 Å². The molecule has 0 atom stereocenters. The summed E-state index contributed by atoms with van der Waals surface area (Å²) in [4.78, 5) is 44.0. The summed E-state index contributed by atoms with van der Waals surface area (Å²) in [6, 6.07) is 9.54. The average molecular weight is 483 g/mol. The quantitative estimate of drug-likeness (QED) is 0.413. The van der Waals surface area contributed by atoms with Gasteiger partial charge in [-0.15, -0.1) is 11.3 Å². The molecule has 1 aliphatic carbocycles. The zero-order chi connectivity index (χ0) is 23.1. The van der Waals surface area contributed by atoms with E-state index in [9.17, 15) is 14.4 Å². The van der Waals surface area contributed by atoms with E-state index in [0.717, 1.165) is 31.4 Å². The molecule has 0 amide bonds. The highest BCUT2D eigenvalue weighted by atomic mass is 35.5. The molecular formula is C23H19ClN4O4S. The zero-order valence-corrected chi connectivity index (χ0v) is 19.3. The lowest BCUT2D eigenvalue weighted by atomic mass is 10.0. The largest absolute Gasteiger partial charge is 0.454 e.